The largest absolute Gasteiger partial charge is 0.369 e. The van der Waals surface area contributed by atoms with Crippen LogP contribution in [0.2, 0.25) is 0 Å². The van der Waals surface area contributed by atoms with Gasteiger partial charge in [-0.3, -0.25) is 4.79 Å². The first-order chi connectivity index (χ1) is 9.54. The third kappa shape index (κ3) is 3.23. The van der Waals surface area contributed by atoms with Gasteiger partial charge in [-0.15, -0.1) is 0 Å². The Bertz CT molecular complexity index is 508. The molecule has 1 atom stereocenters. The van der Waals surface area contributed by atoms with E-state index in [2.05, 4.69) is 45.1 Å². The molecule has 1 fully saturated rings. The number of halogens is 1. The number of hydrogen-bond acceptors (Lipinski definition) is 4. The molecule has 1 unspecified atom stereocenters. The van der Waals surface area contributed by atoms with Crippen molar-refractivity contribution in [2.24, 2.45) is 13.0 Å². The Labute approximate surface area is 128 Å². The first-order valence-electron chi connectivity index (χ1n) is 7.24. The first kappa shape index (κ1) is 15.5. The van der Waals surface area contributed by atoms with Crippen LogP contribution in [-0.2, 0) is 7.05 Å². The lowest BCUT2D eigenvalue weighted by molar-refractivity contribution is 0.314. The maximum Gasteiger partial charge on any atom is 0.282 e. The summed E-state index contributed by atoms with van der Waals surface area (Å²) in [6.45, 7) is 7.39. The van der Waals surface area contributed by atoms with Gasteiger partial charge in [-0.1, -0.05) is 6.92 Å². The van der Waals surface area contributed by atoms with E-state index in [9.17, 15) is 4.79 Å². The highest BCUT2D eigenvalue weighted by Gasteiger charge is 2.25. The third-order valence-corrected chi connectivity index (χ3v) is 4.92. The minimum atomic E-state index is -0.0781. The molecule has 1 saturated heterocycles. The third-order valence-electron chi connectivity index (χ3n) is 4.17. The van der Waals surface area contributed by atoms with Gasteiger partial charge in [0.2, 0.25) is 0 Å². The van der Waals surface area contributed by atoms with Crippen LogP contribution in [0.5, 0.6) is 0 Å². The lowest BCUT2D eigenvalue weighted by Crippen LogP contribution is -2.42. The monoisotopic (exact) mass is 342 g/mol. The summed E-state index contributed by atoms with van der Waals surface area (Å²) in [5.41, 5.74) is 0.841. The molecular formula is C14H23BrN4O. The van der Waals surface area contributed by atoms with Crippen LogP contribution in [0.4, 0.5) is 5.69 Å². The molecule has 6 heteroatoms. The zero-order valence-electron chi connectivity index (χ0n) is 12.4. The van der Waals surface area contributed by atoms with Crippen molar-refractivity contribution in [3.8, 4) is 0 Å². The molecule has 1 aromatic rings. The van der Waals surface area contributed by atoms with Crippen LogP contribution in [0.1, 0.15) is 26.7 Å². The van der Waals surface area contributed by atoms with E-state index in [1.165, 1.54) is 4.68 Å². The van der Waals surface area contributed by atoms with Crippen LogP contribution < -0.4 is 15.8 Å². The van der Waals surface area contributed by atoms with E-state index in [1.807, 2.05) is 0 Å². The molecule has 2 rings (SSSR count). The molecule has 1 aliphatic heterocycles. The molecule has 1 aliphatic rings. The molecule has 0 bridgehead atoms. The van der Waals surface area contributed by atoms with Crippen molar-refractivity contribution in [1.82, 2.24) is 15.1 Å². The Morgan fingerprint density at radius 3 is 2.75 bits per heavy atom. The summed E-state index contributed by atoms with van der Waals surface area (Å²) in [4.78, 5) is 14.2. The number of piperidine rings is 1. The van der Waals surface area contributed by atoms with E-state index in [1.54, 1.807) is 13.2 Å². The van der Waals surface area contributed by atoms with Gasteiger partial charge >= 0.3 is 0 Å². The van der Waals surface area contributed by atoms with Gasteiger partial charge in [0, 0.05) is 26.2 Å². The normalized spacial score (nSPS) is 18.3. The van der Waals surface area contributed by atoms with Crippen molar-refractivity contribution in [2.45, 2.75) is 32.7 Å². The zero-order chi connectivity index (χ0) is 14.7. The van der Waals surface area contributed by atoms with Gasteiger partial charge in [-0.25, -0.2) is 4.68 Å². The van der Waals surface area contributed by atoms with Crippen molar-refractivity contribution < 1.29 is 0 Å². The SMILES string of the molecule is CCNC(C)C1CCN(c2cnn(C)c(=O)c2Br)CC1. The number of rotatable bonds is 4. The number of nitrogens with zero attached hydrogens (tertiary/aromatic N) is 3. The number of anilines is 1. The smallest absolute Gasteiger partial charge is 0.282 e. The Morgan fingerprint density at radius 2 is 2.15 bits per heavy atom. The first-order valence-corrected chi connectivity index (χ1v) is 8.04. The fourth-order valence-electron chi connectivity index (χ4n) is 2.85. The van der Waals surface area contributed by atoms with Crippen LogP contribution in [-0.4, -0.2) is 35.5 Å². The van der Waals surface area contributed by atoms with Crippen LogP contribution in [0.15, 0.2) is 15.5 Å². The topological polar surface area (TPSA) is 50.2 Å². The van der Waals surface area contributed by atoms with Gasteiger partial charge in [-0.05, 0) is 48.2 Å². The fraction of sp³-hybridized carbons (Fsp3) is 0.714. The molecule has 0 radical (unpaired) electrons. The highest BCUT2D eigenvalue weighted by Crippen LogP contribution is 2.28. The standard InChI is InChI=1S/C14H23BrN4O/c1-4-16-10(2)11-5-7-19(8-6-11)12-9-17-18(3)14(20)13(12)15/h9-11,16H,4-8H2,1-3H3. The zero-order valence-corrected chi connectivity index (χ0v) is 14.0. The second-order valence-corrected chi connectivity index (χ2v) is 6.24. The molecule has 0 aromatic carbocycles. The van der Waals surface area contributed by atoms with Gasteiger partial charge in [0.25, 0.3) is 5.56 Å². The average molecular weight is 343 g/mol. The molecule has 0 amide bonds. The molecular weight excluding hydrogens is 320 g/mol. The summed E-state index contributed by atoms with van der Waals surface area (Å²) in [6, 6.07) is 0.562. The summed E-state index contributed by atoms with van der Waals surface area (Å²) < 4.78 is 1.97. The van der Waals surface area contributed by atoms with E-state index < -0.39 is 0 Å². The number of nitrogens with one attached hydrogen (secondary N) is 1. The molecule has 1 N–H and O–H groups in total. The van der Waals surface area contributed by atoms with Crippen molar-refractivity contribution in [2.75, 3.05) is 24.5 Å². The van der Waals surface area contributed by atoms with Gasteiger partial charge in [-0.2, -0.15) is 5.10 Å². The Kier molecular flexibility index (Phi) is 5.21. The average Bonchev–Trinajstić information content (AvgIpc) is 2.45. The summed E-state index contributed by atoms with van der Waals surface area (Å²) in [6.07, 6.45) is 4.07. The molecule has 2 heterocycles. The highest BCUT2D eigenvalue weighted by atomic mass is 79.9. The predicted octanol–water partition coefficient (Wildman–Crippen LogP) is 1.76. The van der Waals surface area contributed by atoms with E-state index in [0.29, 0.717) is 16.4 Å². The lowest BCUT2D eigenvalue weighted by atomic mass is 9.90. The minimum absolute atomic E-state index is 0.0781. The quantitative estimate of drug-likeness (QED) is 0.905. The lowest BCUT2D eigenvalue weighted by Gasteiger charge is -2.36. The molecule has 0 spiro atoms. The summed E-state index contributed by atoms with van der Waals surface area (Å²) >= 11 is 3.41. The maximum atomic E-state index is 11.9. The molecule has 5 nitrogen and oxygen atoms in total. The Morgan fingerprint density at radius 1 is 1.50 bits per heavy atom. The Hall–Kier alpha value is -0.880. The number of aromatic nitrogens is 2. The maximum absolute atomic E-state index is 11.9. The summed E-state index contributed by atoms with van der Waals surface area (Å²) in [5.74, 6) is 0.712. The van der Waals surface area contributed by atoms with Crippen LogP contribution in [0, 0.1) is 5.92 Å². The second kappa shape index (κ2) is 6.72. The predicted molar refractivity (Wildman–Crippen MR) is 85.3 cm³/mol. The number of aryl methyl sites for hydroxylation is 1. The van der Waals surface area contributed by atoms with Crippen molar-refractivity contribution in [3.05, 3.63) is 21.0 Å². The molecule has 20 heavy (non-hydrogen) atoms. The van der Waals surface area contributed by atoms with Crippen molar-refractivity contribution in [3.63, 3.8) is 0 Å². The molecule has 0 aliphatic carbocycles. The van der Waals surface area contributed by atoms with Gasteiger partial charge in [0.15, 0.2) is 0 Å². The van der Waals surface area contributed by atoms with E-state index in [4.69, 9.17) is 0 Å². The van der Waals surface area contributed by atoms with Crippen molar-refractivity contribution >= 4 is 21.6 Å². The molecule has 1 aromatic heterocycles. The van der Waals surface area contributed by atoms with Crippen molar-refractivity contribution in [1.29, 1.82) is 0 Å². The summed E-state index contributed by atoms with van der Waals surface area (Å²) in [7, 11) is 1.67. The molecule has 112 valence electrons. The van der Waals surface area contributed by atoms with E-state index in [-0.39, 0.29) is 5.56 Å². The van der Waals surface area contributed by atoms with Gasteiger partial charge in [0.05, 0.1) is 11.9 Å². The van der Waals surface area contributed by atoms with Gasteiger partial charge < -0.3 is 10.2 Å². The van der Waals surface area contributed by atoms with Crippen LogP contribution in [0.25, 0.3) is 0 Å². The minimum Gasteiger partial charge on any atom is -0.369 e. The highest BCUT2D eigenvalue weighted by molar-refractivity contribution is 9.10. The summed E-state index contributed by atoms with van der Waals surface area (Å²) in [5, 5.41) is 7.62. The van der Waals surface area contributed by atoms with E-state index in [0.717, 1.165) is 38.2 Å². The Balaban J connectivity index is 2.04. The molecule has 0 saturated carbocycles. The number of hydrogen-bond donors (Lipinski definition) is 1. The van der Waals surface area contributed by atoms with Gasteiger partial charge in [0.1, 0.15) is 4.47 Å². The van der Waals surface area contributed by atoms with Crippen LogP contribution >= 0.6 is 15.9 Å². The second-order valence-electron chi connectivity index (χ2n) is 5.44. The van der Waals surface area contributed by atoms with E-state index >= 15 is 0 Å². The fourth-order valence-corrected chi connectivity index (χ4v) is 3.46. The van der Waals surface area contributed by atoms with Crippen LogP contribution in [0.3, 0.4) is 0 Å².